The van der Waals surface area contributed by atoms with Gasteiger partial charge in [0.15, 0.2) is 0 Å². The molecule has 2 heterocycles. The summed E-state index contributed by atoms with van der Waals surface area (Å²) in [6.07, 6.45) is 0. The number of aryl methyl sites for hydroxylation is 2. The lowest BCUT2D eigenvalue weighted by Gasteiger charge is -2.28. The van der Waals surface area contributed by atoms with E-state index in [4.69, 9.17) is 9.26 Å². The van der Waals surface area contributed by atoms with Gasteiger partial charge in [0, 0.05) is 26.2 Å². The summed E-state index contributed by atoms with van der Waals surface area (Å²) in [4.78, 5) is 15.1. The van der Waals surface area contributed by atoms with Crippen molar-refractivity contribution < 1.29 is 22.5 Å². The van der Waals surface area contributed by atoms with E-state index in [1.54, 1.807) is 26.0 Å². The molecule has 2 aromatic rings. The van der Waals surface area contributed by atoms with E-state index >= 15 is 0 Å². The number of aromatic nitrogens is 1. The predicted molar refractivity (Wildman–Crippen MR) is 114 cm³/mol. The molecule has 0 radical (unpaired) electrons. The number of anilines is 2. The zero-order valence-electron chi connectivity index (χ0n) is 17.8. The molecule has 1 aliphatic heterocycles. The van der Waals surface area contributed by atoms with Crippen LogP contribution in [0.25, 0.3) is 0 Å². The molecule has 9 nitrogen and oxygen atoms in total. The average molecular weight is 437 g/mol. The van der Waals surface area contributed by atoms with Crippen LogP contribution in [0.1, 0.15) is 35.7 Å². The lowest BCUT2D eigenvalue weighted by atomic mass is 10.1. The second-order valence-electron chi connectivity index (χ2n) is 7.02. The van der Waals surface area contributed by atoms with Gasteiger partial charge in [-0.3, -0.25) is 4.79 Å². The third-order valence-corrected chi connectivity index (χ3v) is 7.08. The van der Waals surface area contributed by atoms with Crippen LogP contribution in [0, 0.1) is 13.8 Å². The number of rotatable bonds is 7. The van der Waals surface area contributed by atoms with Crippen LogP contribution in [0.4, 0.5) is 11.4 Å². The highest BCUT2D eigenvalue weighted by atomic mass is 32.2. The maximum Gasteiger partial charge on any atom is 0.261 e. The van der Waals surface area contributed by atoms with Crippen LogP contribution in [0.3, 0.4) is 0 Å². The highest BCUT2D eigenvalue weighted by molar-refractivity contribution is 7.89. The standard InChI is InChI=1S/C20H28N4O5S/c1-5-23(6-2)18-8-7-16(30(26,27)24-9-11-28-12-10-24)13-17(18)21-20(25)19-14(3)22-29-15(19)4/h7-8,13H,5-6,9-12H2,1-4H3,(H,21,25). The molecule has 0 spiro atoms. The van der Waals surface area contributed by atoms with Crippen molar-refractivity contribution >= 4 is 27.3 Å². The van der Waals surface area contributed by atoms with E-state index < -0.39 is 10.0 Å². The summed E-state index contributed by atoms with van der Waals surface area (Å²) in [7, 11) is -3.69. The topological polar surface area (TPSA) is 105 Å². The summed E-state index contributed by atoms with van der Waals surface area (Å²) in [5.41, 5.74) is 2.01. The van der Waals surface area contributed by atoms with Crippen molar-refractivity contribution in [3.05, 3.63) is 35.2 Å². The first kappa shape index (κ1) is 22.3. The smallest absolute Gasteiger partial charge is 0.261 e. The Balaban J connectivity index is 2.01. The second kappa shape index (κ2) is 9.15. The molecule has 1 amide bonds. The summed E-state index contributed by atoms with van der Waals surface area (Å²) in [5.74, 6) is 0.0204. The summed E-state index contributed by atoms with van der Waals surface area (Å²) < 4.78 is 38.0. The molecule has 0 atom stereocenters. The van der Waals surface area contributed by atoms with Crippen LogP contribution < -0.4 is 10.2 Å². The number of hydrogen-bond acceptors (Lipinski definition) is 7. The van der Waals surface area contributed by atoms with E-state index in [-0.39, 0.29) is 10.8 Å². The van der Waals surface area contributed by atoms with E-state index in [1.807, 2.05) is 18.7 Å². The maximum atomic E-state index is 13.1. The van der Waals surface area contributed by atoms with Gasteiger partial charge in [-0.05, 0) is 45.9 Å². The Bertz CT molecular complexity index is 989. The van der Waals surface area contributed by atoms with E-state index in [0.717, 1.165) is 5.69 Å². The van der Waals surface area contributed by atoms with Gasteiger partial charge >= 0.3 is 0 Å². The number of sulfonamides is 1. The lowest BCUT2D eigenvalue weighted by molar-refractivity contribution is 0.0730. The quantitative estimate of drug-likeness (QED) is 0.711. The Kier molecular flexibility index (Phi) is 6.79. The molecule has 10 heteroatoms. The van der Waals surface area contributed by atoms with Crippen molar-refractivity contribution in [1.82, 2.24) is 9.46 Å². The number of amides is 1. The zero-order valence-corrected chi connectivity index (χ0v) is 18.6. The molecule has 3 rings (SSSR count). The van der Waals surface area contributed by atoms with E-state index in [2.05, 4.69) is 10.5 Å². The monoisotopic (exact) mass is 436 g/mol. The third-order valence-electron chi connectivity index (χ3n) is 5.19. The summed E-state index contributed by atoms with van der Waals surface area (Å²) in [6.45, 7) is 10.1. The van der Waals surface area contributed by atoms with Gasteiger partial charge in [0.1, 0.15) is 11.3 Å². The summed E-state index contributed by atoms with van der Waals surface area (Å²) in [6, 6.07) is 4.85. The average Bonchev–Trinajstić information content (AvgIpc) is 3.08. The first-order chi connectivity index (χ1) is 14.3. The van der Waals surface area contributed by atoms with Crippen molar-refractivity contribution in [3.8, 4) is 0 Å². The number of ether oxygens (including phenoxy) is 1. The molecule has 1 aromatic carbocycles. The van der Waals surface area contributed by atoms with E-state index in [1.165, 1.54) is 10.4 Å². The van der Waals surface area contributed by atoms with Gasteiger partial charge in [-0.1, -0.05) is 5.16 Å². The summed E-state index contributed by atoms with van der Waals surface area (Å²) in [5, 5.41) is 6.70. The molecule has 1 aliphatic rings. The molecule has 30 heavy (non-hydrogen) atoms. The molecule has 1 fully saturated rings. The van der Waals surface area contributed by atoms with Crippen molar-refractivity contribution in [2.24, 2.45) is 0 Å². The molecular weight excluding hydrogens is 408 g/mol. The number of hydrogen-bond donors (Lipinski definition) is 1. The van der Waals surface area contributed by atoms with Crippen molar-refractivity contribution in [3.63, 3.8) is 0 Å². The molecule has 1 aromatic heterocycles. The minimum absolute atomic E-state index is 0.134. The van der Waals surface area contributed by atoms with Gasteiger partial charge in [-0.15, -0.1) is 0 Å². The SMILES string of the molecule is CCN(CC)c1ccc(S(=O)(=O)N2CCOCC2)cc1NC(=O)c1c(C)noc1C. The van der Waals surface area contributed by atoms with Gasteiger partial charge in [-0.2, -0.15) is 4.31 Å². The minimum Gasteiger partial charge on any atom is -0.379 e. The van der Waals surface area contributed by atoms with Crippen LogP contribution in [0.15, 0.2) is 27.6 Å². The van der Waals surface area contributed by atoms with Gasteiger partial charge in [0.25, 0.3) is 5.91 Å². The number of carbonyl (C=O) groups excluding carboxylic acids is 1. The van der Waals surface area contributed by atoms with Crippen LogP contribution in [-0.4, -0.2) is 63.2 Å². The Morgan fingerprint density at radius 1 is 1.20 bits per heavy atom. The maximum absolute atomic E-state index is 13.1. The van der Waals surface area contributed by atoms with Gasteiger partial charge in [-0.25, -0.2) is 8.42 Å². The number of nitrogens with one attached hydrogen (secondary N) is 1. The fourth-order valence-electron chi connectivity index (χ4n) is 3.54. The highest BCUT2D eigenvalue weighted by Crippen LogP contribution is 2.31. The van der Waals surface area contributed by atoms with Crippen LogP contribution in [0.5, 0.6) is 0 Å². The molecule has 164 valence electrons. The number of carbonyl (C=O) groups is 1. The predicted octanol–water partition coefficient (Wildman–Crippen LogP) is 2.41. The molecule has 0 bridgehead atoms. The first-order valence-electron chi connectivity index (χ1n) is 10.0. The normalized spacial score (nSPS) is 15.2. The highest BCUT2D eigenvalue weighted by Gasteiger charge is 2.28. The van der Waals surface area contributed by atoms with Crippen LogP contribution in [-0.2, 0) is 14.8 Å². The van der Waals surface area contributed by atoms with Crippen molar-refractivity contribution in [1.29, 1.82) is 0 Å². The fourth-order valence-corrected chi connectivity index (χ4v) is 4.98. The lowest BCUT2D eigenvalue weighted by Crippen LogP contribution is -2.40. The van der Waals surface area contributed by atoms with Crippen LogP contribution in [0.2, 0.25) is 0 Å². The molecular formula is C20H28N4O5S. The first-order valence-corrected chi connectivity index (χ1v) is 11.4. The van der Waals surface area contributed by atoms with Crippen LogP contribution >= 0.6 is 0 Å². The minimum atomic E-state index is -3.69. The number of morpholine rings is 1. The van der Waals surface area contributed by atoms with Crippen molar-refractivity contribution in [2.45, 2.75) is 32.6 Å². The van der Waals surface area contributed by atoms with Gasteiger partial charge < -0.3 is 19.5 Å². The molecule has 1 saturated heterocycles. The van der Waals surface area contributed by atoms with Gasteiger partial charge in [0.2, 0.25) is 10.0 Å². The Labute approximate surface area is 177 Å². The second-order valence-corrected chi connectivity index (χ2v) is 8.96. The van der Waals surface area contributed by atoms with Gasteiger partial charge in [0.05, 0.1) is 35.2 Å². The van der Waals surface area contributed by atoms with E-state index in [9.17, 15) is 13.2 Å². The Morgan fingerprint density at radius 3 is 2.43 bits per heavy atom. The number of nitrogens with zero attached hydrogens (tertiary/aromatic N) is 3. The number of benzene rings is 1. The Hall–Kier alpha value is -2.43. The molecule has 1 N–H and O–H groups in total. The Morgan fingerprint density at radius 2 is 1.87 bits per heavy atom. The fraction of sp³-hybridized carbons (Fsp3) is 0.500. The summed E-state index contributed by atoms with van der Waals surface area (Å²) >= 11 is 0. The van der Waals surface area contributed by atoms with Crippen molar-refractivity contribution in [2.75, 3.05) is 49.6 Å². The zero-order chi connectivity index (χ0) is 21.9. The molecule has 0 aliphatic carbocycles. The molecule has 0 saturated carbocycles. The molecule has 0 unspecified atom stereocenters. The third kappa shape index (κ3) is 4.35. The largest absolute Gasteiger partial charge is 0.379 e. The van der Waals surface area contributed by atoms with E-state index in [0.29, 0.717) is 62.1 Å².